The molecule has 0 saturated carbocycles. The SMILES string of the molecule is Cc1ccc(CCNC(=O)[C@]2(C)CC(c3ccccc3F)=NO2)o1. The van der Waals surface area contributed by atoms with E-state index in [-0.39, 0.29) is 18.1 Å². The molecule has 0 aliphatic carbocycles. The molecule has 1 aliphatic rings. The summed E-state index contributed by atoms with van der Waals surface area (Å²) in [7, 11) is 0. The summed E-state index contributed by atoms with van der Waals surface area (Å²) < 4.78 is 19.3. The number of aryl methyl sites for hydroxylation is 1. The quantitative estimate of drug-likeness (QED) is 0.917. The minimum Gasteiger partial charge on any atom is -0.466 e. The van der Waals surface area contributed by atoms with E-state index in [0.29, 0.717) is 24.2 Å². The Hall–Kier alpha value is -2.63. The lowest BCUT2D eigenvalue weighted by atomic mass is 9.95. The molecule has 1 N–H and O–H groups in total. The summed E-state index contributed by atoms with van der Waals surface area (Å²) in [5.41, 5.74) is -0.330. The lowest BCUT2D eigenvalue weighted by Crippen LogP contribution is -2.45. The zero-order valence-corrected chi connectivity index (χ0v) is 13.6. The normalized spacial score (nSPS) is 19.7. The number of rotatable bonds is 5. The summed E-state index contributed by atoms with van der Waals surface area (Å²) in [5.74, 6) is 0.998. The third-order valence-electron chi connectivity index (χ3n) is 3.98. The van der Waals surface area contributed by atoms with Gasteiger partial charge in [0.15, 0.2) is 0 Å². The average Bonchev–Trinajstić information content (AvgIpc) is 3.15. The highest BCUT2D eigenvalue weighted by Crippen LogP contribution is 2.27. The Morgan fingerprint density at radius 2 is 2.12 bits per heavy atom. The van der Waals surface area contributed by atoms with E-state index < -0.39 is 5.60 Å². The summed E-state index contributed by atoms with van der Waals surface area (Å²) in [4.78, 5) is 17.7. The standard InChI is InChI=1S/C18H19FN2O3/c1-12-7-8-13(23-12)9-10-20-17(22)18(2)11-16(21-24-18)14-5-3-4-6-15(14)19/h3-8H,9-11H2,1-2H3,(H,20,22)/t18-/m0/s1. The molecule has 0 spiro atoms. The van der Waals surface area contributed by atoms with Gasteiger partial charge < -0.3 is 14.6 Å². The number of hydrogen-bond donors (Lipinski definition) is 1. The molecule has 0 bridgehead atoms. The number of oxime groups is 1. The average molecular weight is 330 g/mol. The van der Waals surface area contributed by atoms with E-state index in [4.69, 9.17) is 9.25 Å². The van der Waals surface area contributed by atoms with Gasteiger partial charge in [0.1, 0.15) is 17.3 Å². The van der Waals surface area contributed by atoms with Gasteiger partial charge in [-0.15, -0.1) is 0 Å². The molecular formula is C18H19FN2O3. The van der Waals surface area contributed by atoms with Gasteiger partial charge in [0.05, 0.1) is 5.71 Å². The first-order valence-corrected chi connectivity index (χ1v) is 7.81. The van der Waals surface area contributed by atoms with Crippen molar-refractivity contribution in [1.82, 2.24) is 5.32 Å². The number of nitrogens with zero attached hydrogens (tertiary/aromatic N) is 1. The molecule has 1 aliphatic heterocycles. The fourth-order valence-electron chi connectivity index (χ4n) is 2.61. The van der Waals surface area contributed by atoms with Gasteiger partial charge in [-0.05, 0) is 32.0 Å². The summed E-state index contributed by atoms with van der Waals surface area (Å²) >= 11 is 0. The van der Waals surface area contributed by atoms with Crippen molar-refractivity contribution in [1.29, 1.82) is 0 Å². The van der Waals surface area contributed by atoms with Gasteiger partial charge >= 0.3 is 0 Å². The van der Waals surface area contributed by atoms with Gasteiger partial charge in [-0.25, -0.2) is 4.39 Å². The number of halogens is 1. The number of hydrogen-bond acceptors (Lipinski definition) is 4. The van der Waals surface area contributed by atoms with Gasteiger partial charge in [-0.3, -0.25) is 4.79 Å². The van der Waals surface area contributed by atoms with Crippen LogP contribution in [-0.2, 0) is 16.1 Å². The number of carbonyl (C=O) groups is 1. The van der Waals surface area contributed by atoms with Crippen LogP contribution in [0.25, 0.3) is 0 Å². The third kappa shape index (κ3) is 3.32. The predicted molar refractivity (Wildman–Crippen MR) is 87.2 cm³/mol. The van der Waals surface area contributed by atoms with Crippen molar-refractivity contribution in [2.45, 2.75) is 32.3 Å². The zero-order valence-electron chi connectivity index (χ0n) is 13.6. The molecule has 0 unspecified atom stereocenters. The summed E-state index contributed by atoms with van der Waals surface area (Å²) in [5, 5.41) is 6.73. The van der Waals surface area contributed by atoms with Crippen LogP contribution in [0, 0.1) is 12.7 Å². The minimum absolute atomic E-state index is 0.222. The smallest absolute Gasteiger partial charge is 0.267 e. The molecule has 1 aromatic heterocycles. The van der Waals surface area contributed by atoms with Crippen LogP contribution in [0.15, 0.2) is 46.0 Å². The van der Waals surface area contributed by atoms with Crippen LogP contribution in [0.5, 0.6) is 0 Å². The number of benzene rings is 1. The molecule has 5 nitrogen and oxygen atoms in total. The van der Waals surface area contributed by atoms with E-state index in [1.807, 2.05) is 19.1 Å². The largest absolute Gasteiger partial charge is 0.466 e. The van der Waals surface area contributed by atoms with Gasteiger partial charge in [0.25, 0.3) is 5.91 Å². The van der Waals surface area contributed by atoms with Crippen molar-refractivity contribution in [2.75, 3.05) is 6.54 Å². The Morgan fingerprint density at radius 1 is 1.33 bits per heavy atom. The van der Waals surface area contributed by atoms with Crippen molar-refractivity contribution in [3.63, 3.8) is 0 Å². The highest BCUT2D eigenvalue weighted by atomic mass is 19.1. The number of carbonyl (C=O) groups excluding carboxylic acids is 1. The molecule has 0 saturated heterocycles. The number of amides is 1. The van der Waals surface area contributed by atoms with Crippen LogP contribution >= 0.6 is 0 Å². The lowest BCUT2D eigenvalue weighted by Gasteiger charge is -2.20. The minimum atomic E-state index is -1.13. The molecule has 6 heteroatoms. The van der Waals surface area contributed by atoms with Crippen LogP contribution in [0.3, 0.4) is 0 Å². The zero-order chi connectivity index (χ0) is 17.2. The topological polar surface area (TPSA) is 63.8 Å². The maximum atomic E-state index is 13.8. The van der Waals surface area contributed by atoms with Crippen molar-refractivity contribution in [2.24, 2.45) is 5.16 Å². The molecule has 1 amide bonds. The molecule has 2 aromatic rings. The first-order chi connectivity index (χ1) is 11.5. The molecule has 2 heterocycles. The maximum absolute atomic E-state index is 13.8. The van der Waals surface area contributed by atoms with Crippen LogP contribution in [0.2, 0.25) is 0 Å². The highest BCUT2D eigenvalue weighted by Gasteiger charge is 2.42. The van der Waals surface area contributed by atoms with E-state index in [2.05, 4.69) is 10.5 Å². The number of furan rings is 1. The Kier molecular flexibility index (Phi) is 4.38. The van der Waals surface area contributed by atoms with Crippen molar-refractivity contribution in [3.8, 4) is 0 Å². The van der Waals surface area contributed by atoms with E-state index in [1.54, 1.807) is 25.1 Å². The van der Waals surface area contributed by atoms with Gasteiger partial charge in [0, 0.05) is 24.9 Å². The van der Waals surface area contributed by atoms with Crippen LogP contribution in [0.1, 0.15) is 30.4 Å². The molecule has 126 valence electrons. The predicted octanol–water partition coefficient (Wildman–Crippen LogP) is 2.97. The summed E-state index contributed by atoms with van der Waals surface area (Å²) in [6, 6.07) is 10.1. The van der Waals surface area contributed by atoms with E-state index in [1.165, 1.54) is 6.07 Å². The van der Waals surface area contributed by atoms with Gasteiger partial charge in [0.2, 0.25) is 5.60 Å². The van der Waals surface area contributed by atoms with Crippen LogP contribution in [0.4, 0.5) is 4.39 Å². The van der Waals surface area contributed by atoms with Gasteiger partial charge in [-0.1, -0.05) is 23.4 Å². The Morgan fingerprint density at radius 3 is 2.83 bits per heavy atom. The first-order valence-electron chi connectivity index (χ1n) is 7.81. The number of nitrogens with one attached hydrogen (secondary N) is 1. The summed E-state index contributed by atoms with van der Waals surface area (Å²) in [6.07, 6.45) is 0.816. The van der Waals surface area contributed by atoms with E-state index in [9.17, 15) is 9.18 Å². The molecule has 0 fully saturated rings. The Labute approximate surface area is 139 Å². The molecule has 1 aromatic carbocycles. The molecule has 3 rings (SSSR count). The lowest BCUT2D eigenvalue weighted by molar-refractivity contribution is -0.141. The molecule has 0 radical (unpaired) electrons. The molecular weight excluding hydrogens is 311 g/mol. The fraction of sp³-hybridized carbons (Fsp3) is 0.333. The molecule has 24 heavy (non-hydrogen) atoms. The monoisotopic (exact) mass is 330 g/mol. The third-order valence-corrected chi connectivity index (χ3v) is 3.98. The second-order valence-corrected chi connectivity index (χ2v) is 6.04. The Balaban J connectivity index is 1.57. The van der Waals surface area contributed by atoms with E-state index in [0.717, 1.165) is 11.5 Å². The van der Waals surface area contributed by atoms with Crippen LogP contribution < -0.4 is 5.32 Å². The Bertz CT molecular complexity index is 784. The first kappa shape index (κ1) is 16.2. The van der Waals surface area contributed by atoms with Crippen LogP contribution in [-0.4, -0.2) is 23.8 Å². The second-order valence-electron chi connectivity index (χ2n) is 6.04. The highest BCUT2D eigenvalue weighted by molar-refractivity contribution is 6.05. The fourth-order valence-corrected chi connectivity index (χ4v) is 2.61. The van der Waals surface area contributed by atoms with Crippen molar-refractivity contribution < 1.29 is 18.4 Å². The van der Waals surface area contributed by atoms with Gasteiger partial charge in [-0.2, -0.15) is 0 Å². The summed E-state index contributed by atoms with van der Waals surface area (Å²) in [6.45, 7) is 3.95. The van der Waals surface area contributed by atoms with Crippen molar-refractivity contribution >= 4 is 11.6 Å². The molecule has 1 atom stereocenters. The van der Waals surface area contributed by atoms with Crippen molar-refractivity contribution in [3.05, 3.63) is 59.3 Å². The second kappa shape index (κ2) is 6.47. The maximum Gasteiger partial charge on any atom is 0.267 e. The van der Waals surface area contributed by atoms with E-state index >= 15 is 0 Å².